The minimum Gasteiger partial charge on any atom is -0.375 e. The summed E-state index contributed by atoms with van der Waals surface area (Å²) in [5.41, 5.74) is -0.214. The fraction of sp³-hybridized carbons (Fsp3) is 1.00. The van der Waals surface area contributed by atoms with Crippen LogP contribution < -0.4 is 0 Å². The molecule has 2 nitrogen and oxygen atoms in total. The van der Waals surface area contributed by atoms with E-state index in [9.17, 15) is 0 Å². The first-order chi connectivity index (χ1) is 3.39. The van der Waals surface area contributed by atoms with Crippen LogP contribution in [0.15, 0.2) is 0 Å². The van der Waals surface area contributed by atoms with E-state index in [4.69, 9.17) is 21.1 Å². The van der Waals surface area contributed by atoms with Crippen molar-refractivity contribution in [1.82, 2.24) is 0 Å². The molecule has 0 aromatic carbocycles. The monoisotopic (exact) mass is 123 g/mol. The highest BCUT2D eigenvalue weighted by Crippen LogP contribution is 2.02. The van der Waals surface area contributed by atoms with E-state index in [0.29, 0.717) is 19.8 Å². The zero-order chi connectivity index (χ0) is 5.11. The Balaban J connectivity index is 0.000000490. The Labute approximate surface area is 48.8 Å². The Kier molecular flexibility index (Phi) is 1.91. The zero-order valence-corrected chi connectivity index (χ0v) is 4.65. The molecule has 3 heteroatoms. The van der Waals surface area contributed by atoms with Gasteiger partial charge in [0, 0.05) is 0 Å². The third kappa shape index (κ3) is 1.63. The van der Waals surface area contributed by atoms with Crippen LogP contribution in [-0.2, 0) is 9.47 Å². The molecular weight excluding hydrogens is 115 g/mol. The molecule has 0 bridgehead atoms. The Hall–Kier alpha value is 0.210. The van der Waals surface area contributed by atoms with E-state index in [1.165, 1.54) is 0 Å². The maximum absolute atomic E-state index is 5.47. The van der Waals surface area contributed by atoms with Crippen LogP contribution in [0.1, 0.15) is 1.43 Å². The molecule has 1 atom stereocenters. The van der Waals surface area contributed by atoms with Gasteiger partial charge in [-0.3, -0.25) is 0 Å². The maximum Gasteiger partial charge on any atom is 1.00 e. The lowest BCUT2D eigenvalue weighted by Gasteiger charge is -2.16. The molecule has 1 fully saturated rings. The number of hydrogen-bond acceptors (Lipinski definition) is 2. The van der Waals surface area contributed by atoms with E-state index >= 15 is 0 Å². The molecule has 0 radical (unpaired) electrons. The molecule has 1 heterocycles. The molecule has 0 N–H and O–H groups in total. The van der Waals surface area contributed by atoms with E-state index < -0.39 is 0 Å². The summed E-state index contributed by atoms with van der Waals surface area (Å²) in [6.07, 6.45) is 0. The van der Waals surface area contributed by atoms with Gasteiger partial charge in [-0.15, -0.1) is 0 Å². The molecule has 0 aromatic rings. The summed E-state index contributed by atoms with van der Waals surface area (Å²) in [6.45, 7) is 1.85. The van der Waals surface area contributed by atoms with E-state index in [1.807, 2.05) is 0 Å². The van der Waals surface area contributed by atoms with Crippen LogP contribution in [0.3, 0.4) is 0 Å². The number of ether oxygens (including phenoxy) is 2. The molecule has 0 spiro atoms. The van der Waals surface area contributed by atoms with Crippen LogP contribution in [0, 0.1) is 0 Å². The fourth-order valence-electron chi connectivity index (χ4n) is 0.459. The zero-order valence-electron chi connectivity index (χ0n) is 4.89. The second-order valence-corrected chi connectivity index (χ2v) is 1.84. The summed E-state index contributed by atoms with van der Waals surface area (Å²) in [5, 5.41) is 0. The summed E-state index contributed by atoms with van der Waals surface area (Å²) in [7, 11) is 0. The summed E-state index contributed by atoms with van der Waals surface area (Å²) in [4.78, 5) is 0. The number of halogens is 1. The van der Waals surface area contributed by atoms with E-state index in [1.54, 1.807) is 0 Å². The van der Waals surface area contributed by atoms with Gasteiger partial charge in [0.1, 0.15) is 0 Å². The highest BCUT2D eigenvalue weighted by atomic mass is 35.5. The van der Waals surface area contributed by atoms with Gasteiger partial charge in [0.15, 0.2) is 5.56 Å². The lowest BCUT2D eigenvalue weighted by Crippen LogP contribution is -2.23. The second-order valence-electron chi connectivity index (χ2n) is 1.36. The van der Waals surface area contributed by atoms with E-state index in [2.05, 4.69) is 0 Å². The van der Waals surface area contributed by atoms with Crippen molar-refractivity contribution in [3.8, 4) is 0 Å². The van der Waals surface area contributed by atoms with E-state index in [-0.39, 0.29) is 6.99 Å². The highest BCUT2D eigenvalue weighted by Gasteiger charge is 2.08. The van der Waals surface area contributed by atoms with Gasteiger partial charge in [-0.1, -0.05) is 11.6 Å². The molecule has 0 amide bonds. The summed E-state index contributed by atoms with van der Waals surface area (Å²) < 4.78 is 9.84. The molecule has 0 aliphatic carbocycles. The Morgan fingerprint density at radius 3 is 2.71 bits per heavy atom. The molecule has 7 heavy (non-hydrogen) atoms. The Morgan fingerprint density at radius 1 is 1.57 bits per heavy atom. The smallest absolute Gasteiger partial charge is 0.375 e. The molecule has 1 rings (SSSR count). The predicted octanol–water partition coefficient (Wildman–Crippen LogP) is 0.711. The lowest BCUT2D eigenvalue weighted by atomic mass is 10.6. The first kappa shape index (κ1) is 5.35. The second kappa shape index (κ2) is 2.50. The molecule has 0 aromatic heterocycles. The Bertz CT molecular complexity index is 56.0. The standard InChI is InChI=1S/C4H7ClO2/c5-4-3-6-1-2-7-4/h4H,1-3H2/p+1. The topological polar surface area (TPSA) is 18.5 Å². The van der Waals surface area contributed by atoms with Gasteiger partial charge in [0.2, 0.25) is 0 Å². The van der Waals surface area contributed by atoms with Crippen molar-refractivity contribution in [2.45, 2.75) is 5.56 Å². The van der Waals surface area contributed by atoms with Crippen LogP contribution in [0.25, 0.3) is 0 Å². The third-order valence-corrected chi connectivity index (χ3v) is 1.03. The van der Waals surface area contributed by atoms with Crippen molar-refractivity contribution in [1.29, 1.82) is 0 Å². The molecule has 1 unspecified atom stereocenters. The first-order valence-corrected chi connectivity index (χ1v) is 2.66. The minimum atomic E-state index is -0.214. The lowest BCUT2D eigenvalue weighted by molar-refractivity contribution is -0.0532. The van der Waals surface area contributed by atoms with Crippen molar-refractivity contribution in [3.05, 3.63) is 0 Å². The van der Waals surface area contributed by atoms with Gasteiger partial charge >= 0.3 is 1.43 Å². The molecule has 42 valence electrons. The van der Waals surface area contributed by atoms with Gasteiger partial charge in [-0.05, 0) is 0 Å². The predicted molar refractivity (Wildman–Crippen MR) is 27.5 cm³/mol. The summed E-state index contributed by atoms with van der Waals surface area (Å²) in [5.74, 6) is 0. The molecule has 1 saturated heterocycles. The molecule has 1 aliphatic rings. The highest BCUT2D eigenvalue weighted by molar-refractivity contribution is 6.19. The first-order valence-electron chi connectivity index (χ1n) is 2.23. The quantitative estimate of drug-likeness (QED) is 0.442. The largest absolute Gasteiger partial charge is 1.00 e. The average Bonchev–Trinajstić information content (AvgIpc) is 1.69. The van der Waals surface area contributed by atoms with Gasteiger partial charge in [-0.25, -0.2) is 0 Å². The average molecular weight is 124 g/mol. The number of alkyl halides is 1. The molecule has 0 saturated carbocycles. The van der Waals surface area contributed by atoms with Crippen molar-refractivity contribution in [2.24, 2.45) is 0 Å². The van der Waals surface area contributed by atoms with Crippen LogP contribution in [0.4, 0.5) is 0 Å². The number of rotatable bonds is 0. The van der Waals surface area contributed by atoms with E-state index in [0.717, 1.165) is 0 Å². The number of hydrogen-bond donors (Lipinski definition) is 0. The minimum absolute atomic E-state index is 0. The van der Waals surface area contributed by atoms with Gasteiger partial charge in [-0.2, -0.15) is 0 Å². The fourth-order valence-corrected chi connectivity index (χ4v) is 0.637. The van der Waals surface area contributed by atoms with Crippen molar-refractivity contribution < 1.29 is 10.9 Å². The van der Waals surface area contributed by atoms with Crippen LogP contribution in [-0.4, -0.2) is 25.4 Å². The molecular formula is C4H8ClO2+. The van der Waals surface area contributed by atoms with Crippen LogP contribution in [0.5, 0.6) is 0 Å². The summed E-state index contributed by atoms with van der Waals surface area (Å²) >= 11 is 5.47. The van der Waals surface area contributed by atoms with Crippen molar-refractivity contribution in [3.63, 3.8) is 0 Å². The maximum atomic E-state index is 5.47. The van der Waals surface area contributed by atoms with Gasteiger partial charge in [0.05, 0.1) is 19.8 Å². The van der Waals surface area contributed by atoms with Gasteiger partial charge < -0.3 is 9.47 Å². The van der Waals surface area contributed by atoms with Crippen LogP contribution in [0.2, 0.25) is 0 Å². The van der Waals surface area contributed by atoms with Crippen LogP contribution >= 0.6 is 11.6 Å². The molecule has 1 aliphatic heterocycles. The third-order valence-electron chi connectivity index (χ3n) is 0.775. The normalized spacial score (nSPS) is 33.0. The SMILES string of the molecule is ClC1COCCO1.[H+]. The van der Waals surface area contributed by atoms with Crippen molar-refractivity contribution in [2.75, 3.05) is 19.8 Å². The summed E-state index contributed by atoms with van der Waals surface area (Å²) in [6, 6.07) is 0. The van der Waals surface area contributed by atoms with Crippen molar-refractivity contribution >= 4 is 11.6 Å². The van der Waals surface area contributed by atoms with Gasteiger partial charge in [0.25, 0.3) is 0 Å². The Morgan fingerprint density at radius 2 is 2.43 bits per heavy atom.